The molecule has 1 atom stereocenters. The Balaban J connectivity index is 4.19. The molecular weight excluding hydrogens is 198 g/mol. The van der Waals surface area contributed by atoms with E-state index in [1.807, 2.05) is 0 Å². The van der Waals surface area contributed by atoms with E-state index in [1.54, 1.807) is 27.8 Å². The fourth-order valence-corrected chi connectivity index (χ4v) is 0.945. The number of carbonyl (C=O) groups excluding carboxylic acids is 1. The average molecular weight is 217 g/mol. The summed E-state index contributed by atoms with van der Waals surface area (Å²) in [6.07, 6.45) is -0.264. The molecule has 0 rings (SSSR count). The van der Waals surface area contributed by atoms with Gasteiger partial charge in [-0.05, 0) is 20.8 Å². The van der Waals surface area contributed by atoms with Crippen LogP contribution < -0.4 is 5.73 Å². The van der Waals surface area contributed by atoms with Crippen LogP contribution in [0.1, 0.15) is 27.2 Å². The van der Waals surface area contributed by atoms with Crippen molar-refractivity contribution in [3.05, 3.63) is 0 Å². The normalized spacial score (nSPS) is 13.8. The average Bonchev–Trinajstić information content (AvgIpc) is 2.15. The third kappa shape index (κ3) is 5.09. The van der Waals surface area contributed by atoms with Crippen molar-refractivity contribution in [2.45, 2.75) is 39.3 Å². The van der Waals surface area contributed by atoms with E-state index in [-0.39, 0.29) is 18.0 Å². The minimum absolute atomic E-state index is 0.0895. The number of oxime groups is 1. The molecule has 0 saturated heterocycles. The van der Waals surface area contributed by atoms with Crippen molar-refractivity contribution in [2.75, 3.05) is 7.05 Å². The fraction of sp³-hybridized carbons (Fsp3) is 0.778. The van der Waals surface area contributed by atoms with Gasteiger partial charge in [-0.15, -0.1) is 0 Å². The van der Waals surface area contributed by atoms with E-state index in [1.165, 1.54) is 4.90 Å². The number of ether oxygens (including phenoxy) is 1. The van der Waals surface area contributed by atoms with Crippen molar-refractivity contribution in [3.63, 3.8) is 0 Å². The zero-order valence-corrected chi connectivity index (χ0v) is 9.60. The van der Waals surface area contributed by atoms with Crippen molar-refractivity contribution >= 4 is 11.9 Å². The molecule has 0 aliphatic rings. The standard InChI is InChI=1S/C9H19N3O3/c1-6(2)15-9(13)12(4)7(3)5-8(10)11-14/h6-7,14H,5H2,1-4H3,(H2,10,11). The summed E-state index contributed by atoms with van der Waals surface area (Å²) in [5.41, 5.74) is 5.33. The van der Waals surface area contributed by atoms with Crippen LogP contribution in [0.25, 0.3) is 0 Å². The highest BCUT2D eigenvalue weighted by Gasteiger charge is 2.18. The number of hydrogen-bond donors (Lipinski definition) is 2. The Labute approximate surface area is 89.7 Å². The van der Waals surface area contributed by atoms with E-state index >= 15 is 0 Å². The highest BCUT2D eigenvalue weighted by molar-refractivity contribution is 5.80. The monoisotopic (exact) mass is 217 g/mol. The summed E-state index contributed by atoms with van der Waals surface area (Å²) in [7, 11) is 1.61. The van der Waals surface area contributed by atoms with Crippen LogP contribution in [0.15, 0.2) is 5.16 Å². The molecule has 0 aliphatic heterocycles. The van der Waals surface area contributed by atoms with Crippen LogP contribution in [-0.4, -0.2) is 41.2 Å². The van der Waals surface area contributed by atoms with E-state index in [4.69, 9.17) is 15.7 Å². The summed E-state index contributed by atoms with van der Waals surface area (Å²) in [6.45, 7) is 5.35. The first-order valence-corrected chi connectivity index (χ1v) is 4.78. The van der Waals surface area contributed by atoms with Crippen LogP contribution >= 0.6 is 0 Å². The molecule has 1 unspecified atom stereocenters. The van der Waals surface area contributed by atoms with E-state index in [2.05, 4.69) is 5.16 Å². The minimum Gasteiger partial charge on any atom is -0.447 e. The summed E-state index contributed by atoms with van der Waals surface area (Å²) < 4.78 is 4.99. The van der Waals surface area contributed by atoms with E-state index in [0.29, 0.717) is 6.42 Å². The van der Waals surface area contributed by atoms with Crippen LogP contribution in [0.5, 0.6) is 0 Å². The Bertz CT molecular complexity index is 241. The number of amides is 1. The number of amidine groups is 1. The predicted octanol–water partition coefficient (Wildman–Crippen LogP) is 0.988. The molecule has 0 bridgehead atoms. The second kappa shape index (κ2) is 6.10. The number of carbonyl (C=O) groups is 1. The first-order chi connectivity index (χ1) is 6.88. The molecule has 88 valence electrons. The summed E-state index contributed by atoms with van der Waals surface area (Å²) >= 11 is 0. The van der Waals surface area contributed by atoms with Crippen LogP contribution in [0.2, 0.25) is 0 Å². The molecule has 0 aliphatic carbocycles. The van der Waals surface area contributed by atoms with Crippen LogP contribution in [0.3, 0.4) is 0 Å². The largest absolute Gasteiger partial charge is 0.447 e. The highest BCUT2D eigenvalue weighted by Crippen LogP contribution is 2.04. The Morgan fingerprint density at radius 1 is 1.53 bits per heavy atom. The molecule has 0 aromatic rings. The lowest BCUT2D eigenvalue weighted by molar-refractivity contribution is 0.0752. The molecule has 6 nitrogen and oxygen atoms in total. The van der Waals surface area contributed by atoms with E-state index < -0.39 is 6.09 Å². The Morgan fingerprint density at radius 2 is 2.07 bits per heavy atom. The van der Waals surface area contributed by atoms with Gasteiger partial charge in [0.2, 0.25) is 0 Å². The van der Waals surface area contributed by atoms with Gasteiger partial charge in [0.25, 0.3) is 0 Å². The van der Waals surface area contributed by atoms with Gasteiger partial charge in [-0.25, -0.2) is 4.79 Å². The molecule has 0 fully saturated rings. The maximum absolute atomic E-state index is 11.4. The first-order valence-electron chi connectivity index (χ1n) is 4.78. The van der Waals surface area contributed by atoms with Gasteiger partial charge in [0.05, 0.1) is 6.10 Å². The lowest BCUT2D eigenvalue weighted by Gasteiger charge is -2.24. The number of nitrogens with two attached hydrogens (primary N) is 1. The van der Waals surface area contributed by atoms with Gasteiger partial charge in [0.1, 0.15) is 5.84 Å². The zero-order chi connectivity index (χ0) is 12.0. The SMILES string of the molecule is CC(C)OC(=O)N(C)C(C)CC(N)=NO. The first kappa shape index (κ1) is 13.5. The van der Waals surface area contributed by atoms with Gasteiger partial charge < -0.3 is 20.6 Å². The molecule has 1 amide bonds. The van der Waals surface area contributed by atoms with E-state index in [9.17, 15) is 4.79 Å². The third-order valence-corrected chi connectivity index (χ3v) is 1.92. The Hall–Kier alpha value is -1.46. The molecule has 6 heteroatoms. The number of hydrogen-bond acceptors (Lipinski definition) is 4. The summed E-state index contributed by atoms with van der Waals surface area (Å²) in [6, 6.07) is -0.174. The summed E-state index contributed by atoms with van der Waals surface area (Å²) in [5.74, 6) is 0.0895. The predicted molar refractivity (Wildman–Crippen MR) is 56.9 cm³/mol. The van der Waals surface area contributed by atoms with Crippen LogP contribution in [-0.2, 0) is 4.74 Å². The molecule has 15 heavy (non-hydrogen) atoms. The van der Waals surface area contributed by atoms with Crippen LogP contribution in [0.4, 0.5) is 4.79 Å². The topological polar surface area (TPSA) is 88.2 Å². The van der Waals surface area contributed by atoms with Crippen molar-refractivity contribution in [1.29, 1.82) is 0 Å². The zero-order valence-electron chi connectivity index (χ0n) is 9.60. The highest BCUT2D eigenvalue weighted by atomic mass is 16.6. The second-order valence-electron chi connectivity index (χ2n) is 3.69. The van der Waals surface area contributed by atoms with Crippen LogP contribution in [0, 0.1) is 0 Å². The van der Waals surface area contributed by atoms with Gasteiger partial charge in [0, 0.05) is 19.5 Å². The molecule has 0 heterocycles. The molecule has 0 radical (unpaired) electrons. The third-order valence-electron chi connectivity index (χ3n) is 1.92. The van der Waals surface area contributed by atoms with Gasteiger partial charge in [-0.1, -0.05) is 5.16 Å². The van der Waals surface area contributed by atoms with Gasteiger partial charge in [0.15, 0.2) is 0 Å². The van der Waals surface area contributed by atoms with Gasteiger partial charge in [-0.2, -0.15) is 0 Å². The molecule has 0 saturated carbocycles. The molecule has 0 aromatic heterocycles. The summed E-state index contributed by atoms with van der Waals surface area (Å²) in [5, 5.41) is 11.2. The van der Waals surface area contributed by atoms with Crippen molar-refractivity contribution in [3.8, 4) is 0 Å². The molecule has 3 N–H and O–H groups in total. The summed E-state index contributed by atoms with van der Waals surface area (Å²) in [4.78, 5) is 12.8. The van der Waals surface area contributed by atoms with E-state index in [0.717, 1.165) is 0 Å². The number of rotatable bonds is 4. The van der Waals surface area contributed by atoms with Crippen molar-refractivity contribution < 1.29 is 14.7 Å². The maximum Gasteiger partial charge on any atom is 0.410 e. The molecular formula is C9H19N3O3. The second-order valence-corrected chi connectivity index (χ2v) is 3.69. The smallest absolute Gasteiger partial charge is 0.410 e. The number of nitrogens with zero attached hydrogens (tertiary/aromatic N) is 2. The minimum atomic E-state index is -0.414. The quantitative estimate of drug-likeness (QED) is 0.318. The molecule has 0 spiro atoms. The molecule has 0 aromatic carbocycles. The van der Waals surface area contributed by atoms with Crippen molar-refractivity contribution in [2.24, 2.45) is 10.9 Å². The lowest BCUT2D eigenvalue weighted by atomic mass is 10.2. The Kier molecular flexibility index (Phi) is 5.51. The van der Waals surface area contributed by atoms with Gasteiger partial charge in [-0.3, -0.25) is 0 Å². The fourth-order valence-electron chi connectivity index (χ4n) is 0.945. The Morgan fingerprint density at radius 3 is 2.47 bits per heavy atom. The lowest BCUT2D eigenvalue weighted by Crippen LogP contribution is -2.39. The van der Waals surface area contributed by atoms with Crippen molar-refractivity contribution in [1.82, 2.24) is 4.90 Å². The maximum atomic E-state index is 11.4. The van der Waals surface area contributed by atoms with Gasteiger partial charge >= 0.3 is 6.09 Å².